The standard InChI is InChI=1S/C18H23N3O3S/c1-2-24-15-5-3-14(4-6-15)13-16-17(23)19-18(25-16)21-9-7-20(8-10-21)11-12-22/h3-6,13,22H,2,7-12H2,1H3/b16-13+. The summed E-state index contributed by atoms with van der Waals surface area (Å²) in [6.45, 7) is 6.89. The second-order valence-electron chi connectivity index (χ2n) is 5.86. The van der Waals surface area contributed by atoms with Gasteiger partial charge in [0.2, 0.25) is 0 Å². The highest BCUT2D eigenvalue weighted by molar-refractivity contribution is 8.18. The summed E-state index contributed by atoms with van der Waals surface area (Å²) in [5.74, 6) is 0.652. The number of ether oxygens (including phenoxy) is 1. The van der Waals surface area contributed by atoms with Crippen LogP contribution >= 0.6 is 11.8 Å². The Kier molecular flexibility index (Phi) is 6.12. The van der Waals surface area contributed by atoms with Crippen molar-refractivity contribution in [3.05, 3.63) is 34.7 Å². The van der Waals surface area contributed by atoms with E-state index in [0.29, 0.717) is 18.1 Å². The number of piperazine rings is 1. The maximum absolute atomic E-state index is 12.2. The molecule has 1 aromatic rings. The van der Waals surface area contributed by atoms with Crippen molar-refractivity contribution in [1.82, 2.24) is 9.80 Å². The minimum Gasteiger partial charge on any atom is -0.494 e. The molecule has 0 radical (unpaired) electrons. The predicted octanol–water partition coefficient (Wildman–Crippen LogP) is 1.67. The number of rotatable bonds is 5. The second kappa shape index (κ2) is 8.51. The van der Waals surface area contributed by atoms with E-state index in [2.05, 4.69) is 14.8 Å². The van der Waals surface area contributed by atoms with Crippen LogP contribution in [0.1, 0.15) is 12.5 Å². The van der Waals surface area contributed by atoms with Crippen molar-refractivity contribution in [1.29, 1.82) is 0 Å². The van der Waals surface area contributed by atoms with Crippen LogP contribution in [0.4, 0.5) is 0 Å². The first-order chi connectivity index (χ1) is 12.2. The molecular weight excluding hydrogens is 338 g/mol. The zero-order valence-corrected chi connectivity index (χ0v) is 15.2. The zero-order chi connectivity index (χ0) is 17.6. The number of aliphatic hydroxyl groups is 1. The number of nitrogens with zero attached hydrogens (tertiary/aromatic N) is 3. The van der Waals surface area contributed by atoms with Gasteiger partial charge in [0, 0.05) is 32.7 Å². The van der Waals surface area contributed by atoms with Gasteiger partial charge < -0.3 is 14.7 Å². The fourth-order valence-corrected chi connectivity index (χ4v) is 3.78. The smallest absolute Gasteiger partial charge is 0.286 e. The highest BCUT2D eigenvalue weighted by atomic mass is 32.2. The number of carbonyl (C=O) groups excluding carboxylic acids is 1. The first-order valence-corrected chi connectivity index (χ1v) is 9.35. The molecule has 0 atom stereocenters. The zero-order valence-electron chi connectivity index (χ0n) is 14.4. The number of amides is 1. The van der Waals surface area contributed by atoms with E-state index in [4.69, 9.17) is 9.84 Å². The molecule has 0 aromatic heterocycles. The summed E-state index contributed by atoms with van der Waals surface area (Å²) < 4.78 is 5.43. The Bertz CT molecular complexity index is 665. The maximum Gasteiger partial charge on any atom is 0.286 e. The van der Waals surface area contributed by atoms with Crippen LogP contribution in [0.3, 0.4) is 0 Å². The summed E-state index contributed by atoms with van der Waals surface area (Å²) in [6, 6.07) is 7.69. The van der Waals surface area contributed by atoms with Crippen molar-refractivity contribution in [2.24, 2.45) is 4.99 Å². The van der Waals surface area contributed by atoms with Gasteiger partial charge in [-0.05, 0) is 42.5 Å². The van der Waals surface area contributed by atoms with Gasteiger partial charge in [0.25, 0.3) is 5.91 Å². The third kappa shape index (κ3) is 4.62. The summed E-state index contributed by atoms with van der Waals surface area (Å²) in [5.41, 5.74) is 0.962. The molecule has 6 nitrogen and oxygen atoms in total. The molecule has 25 heavy (non-hydrogen) atoms. The van der Waals surface area contributed by atoms with Gasteiger partial charge in [-0.3, -0.25) is 9.69 Å². The number of aliphatic imine (C=N–C) groups is 1. The van der Waals surface area contributed by atoms with Crippen molar-refractivity contribution in [3.63, 3.8) is 0 Å². The van der Waals surface area contributed by atoms with Crippen LogP contribution in [-0.2, 0) is 4.79 Å². The first-order valence-electron chi connectivity index (χ1n) is 8.53. The average molecular weight is 361 g/mol. The molecule has 0 bridgehead atoms. The molecule has 0 aliphatic carbocycles. The Hall–Kier alpha value is -1.83. The van der Waals surface area contributed by atoms with Crippen LogP contribution in [0.25, 0.3) is 6.08 Å². The van der Waals surface area contributed by atoms with Gasteiger partial charge in [0.15, 0.2) is 5.17 Å². The van der Waals surface area contributed by atoms with Crippen molar-refractivity contribution in [2.75, 3.05) is 45.9 Å². The molecule has 1 saturated heterocycles. The monoisotopic (exact) mass is 361 g/mol. The number of hydrogen-bond acceptors (Lipinski definition) is 6. The lowest BCUT2D eigenvalue weighted by Gasteiger charge is -2.34. The number of thioether (sulfide) groups is 1. The average Bonchev–Trinajstić information content (AvgIpc) is 2.98. The largest absolute Gasteiger partial charge is 0.494 e. The van der Waals surface area contributed by atoms with Gasteiger partial charge in [0.1, 0.15) is 5.75 Å². The van der Waals surface area contributed by atoms with Gasteiger partial charge in [-0.15, -0.1) is 0 Å². The Morgan fingerprint density at radius 1 is 1.24 bits per heavy atom. The molecule has 0 spiro atoms. The minimum atomic E-state index is -0.174. The Balaban J connectivity index is 1.60. The van der Waals surface area contributed by atoms with Gasteiger partial charge in [-0.1, -0.05) is 12.1 Å². The molecule has 1 N–H and O–H groups in total. The lowest BCUT2D eigenvalue weighted by atomic mass is 10.2. The lowest BCUT2D eigenvalue weighted by Crippen LogP contribution is -2.48. The number of aliphatic hydroxyl groups excluding tert-OH is 1. The third-order valence-corrected chi connectivity index (χ3v) is 5.20. The minimum absolute atomic E-state index is 0.174. The normalized spacial score (nSPS) is 20.2. The van der Waals surface area contributed by atoms with Gasteiger partial charge >= 0.3 is 0 Å². The van der Waals surface area contributed by atoms with E-state index >= 15 is 0 Å². The van der Waals surface area contributed by atoms with Crippen LogP contribution in [0.5, 0.6) is 5.75 Å². The van der Waals surface area contributed by atoms with Crippen molar-refractivity contribution >= 4 is 28.9 Å². The van der Waals surface area contributed by atoms with E-state index in [0.717, 1.165) is 42.7 Å². The maximum atomic E-state index is 12.2. The first kappa shape index (κ1) is 18.0. The van der Waals surface area contributed by atoms with Crippen LogP contribution in [0.15, 0.2) is 34.2 Å². The summed E-state index contributed by atoms with van der Waals surface area (Å²) >= 11 is 1.44. The number of carbonyl (C=O) groups is 1. The predicted molar refractivity (Wildman–Crippen MR) is 101 cm³/mol. The van der Waals surface area contributed by atoms with Crippen molar-refractivity contribution < 1.29 is 14.6 Å². The summed E-state index contributed by atoms with van der Waals surface area (Å²) in [7, 11) is 0. The Labute approximate surface area is 152 Å². The molecule has 1 aromatic carbocycles. The second-order valence-corrected chi connectivity index (χ2v) is 6.87. The van der Waals surface area contributed by atoms with Crippen LogP contribution < -0.4 is 4.74 Å². The Morgan fingerprint density at radius 3 is 2.60 bits per heavy atom. The molecule has 2 heterocycles. The van der Waals surface area contributed by atoms with E-state index in [1.54, 1.807) is 0 Å². The molecular formula is C18H23N3O3S. The molecule has 1 fully saturated rings. The molecule has 3 rings (SSSR count). The van der Waals surface area contributed by atoms with Gasteiger partial charge in [-0.25, -0.2) is 0 Å². The summed E-state index contributed by atoms with van der Waals surface area (Å²) in [5, 5.41) is 9.79. The van der Waals surface area contributed by atoms with Crippen LogP contribution in [0, 0.1) is 0 Å². The van der Waals surface area contributed by atoms with E-state index in [-0.39, 0.29) is 12.5 Å². The number of amidine groups is 1. The van der Waals surface area contributed by atoms with Gasteiger partial charge in [-0.2, -0.15) is 4.99 Å². The van der Waals surface area contributed by atoms with Crippen LogP contribution in [0.2, 0.25) is 0 Å². The molecule has 7 heteroatoms. The summed E-state index contributed by atoms with van der Waals surface area (Å²) in [6.07, 6.45) is 1.88. The highest BCUT2D eigenvalue weighted by Crippen LogP contribution is 2.31. The number of hydrogen-bond donors (Lipinski definition) is 1. The Morgan fingerprint density at radius 2 is 1.96 bits per heavy atom. The SMILES string of the molecule is CCOc1ccc(/C=C2/SC(N3CCN(CCO)CC3)=NC2=O)cc1. The lowest BCUT2D eigenvalue weighted by molar-refractivity contribution is -0.113. The third-order valence-electron chi connectivity index (χ3n) is 4.16. The number of β-amino-alcohol motifs (C(OH)–C–C–N with tert-alkyl or cyclic N) is 1. The molecule has 2 aliphatic rings. The van der Waals surface area contributed by atoms with E-state index in [1.807, 2.05) is 37.3 Å². The quantitative estimate of drug-likeness (QED) is 0.805. The molecule has 0 unspecified atom stereocenters. The fraction of sp³-hybridized carbons (Fsp3) is 0.444. The molecule has 1 amide bonds. The summed E-state index contributed by atoms with van der Waals surface area (Å²) in [4.78, 5) is 21.4. The van der Waals surface area contributed by atoms with Gasteiger partial charge in [0.05, 0.1) is 18.1 Å². The highest BCUT2D eigenvalue weighted by Gasteiger charge is 2.28. The van der Waals surface area contributed by atoms with E-state index in [9.17, 15) is 4.79 Å². The fourth-order valence-electron chi connectivity index (χ4n) is 2.82. The molecule has 2 aliphatic heterocycles. The van der Waals surface area contributed by atoms with Crippen molar-refractivity contribution in [2.45, 2.75) is 6.92 Å². The van der Waals surface area contributed by atoms with Crippen LogP contribution in [-0.4, -0.2) is 71.9 Å². The topological polar surface area (TPSA) is 65.4 Å². The van der Waals surface area contributed by atoms with E-state index < -0.39 is 0 Å². The van der Waals surface area contributed by atoms with Crippen molar-refractivity contribution in [3.8, 4) is 5.75 Å². The molecule has 134 valence electrons. The number of benzene rings is 1. The van der Waals surface area contributed by atoms with E-state index in [1.165, 1.54) is 11.8 Å². The molecule has 0 saturated carbocycles.